The van der Waals surface area contributed by atoms with Crippen LogP contribution in [0.1, 0.15) is 27.0 Å². The van der Waals surface area contributed by atoms with Gasteiger partial charge in [-0.3, -0.25) is 9.59 Å². The van der Waals surface area contributed by atoms with Gasteiger partial charge in [0.1, 0.15) is 11.9 Å². The third-order valence-corrected chi connectivity index (χ3v) is 6.44. The van der Waals surface area contributed by atoms with E-state index in [2.05, 4.69) is 5.32 Å². The predicted octanol–water partition coefficient (Wildman–Crippen LogP) is 5.03. The Balaban J connectivity index is 1.52. The molecule has 0 spiro atoms. The number of hydrogen-bond acceptors (Lipinski definition) is 3. The Morgan fingerprint density at radius 1 is 1.10 bits per heavy atom. The molecule has 4 rings (SSSR count). The lowest BCUT2D eigenvalue weighted by Crippen LogP contribution is -2.46. The minimum absolute atomic E-state index is 0.147. The molecule has 31 heavy (non-hydrogen) atoms. The summed E-state index contributed by atoms with van der Waals surface area (Å²) in [4.78, 5) is 27.8. The van der Waals surface area contributed by atoms with Crippen molar-refractivity contribution in [2.75, 3.05) is 11.1 Å². The largest absolute Gasteiger partial charge is 0.324 e. The molecule has 0 saturated heterocycles. The monoisotopic (exact) mass is 434 g/mol. The minimum Gasteiger partial charge on any atom is -0.324 e. The van der Waals surface area contributed by atoms with Gasteiger partial charge >= 0.3 is 0 Å². The normalized spacial score (nSPS) is 13.7. The Hall–Kier alpha value is -3.12. The molecular weight excluding hydrogens is 411 g/mol. The highest BCUT2D eigenvalue weighted by Gasteiger charge is 2.36. The van der Waals surface area contributed by atoms with Crippen LogP contribution in [0.3, 0.4) is 0 Å². The van der Waals surface area contributed by atoms with E-state index < -0.39 is 6.04 Å². The number of nitrogens with zero attached hydrogens (tertiary/aromatic N) is 1. The highest BCUT2D eigenvalue weighted by molar-refractivity contribution is 7.98. The average Bonchev–Trinajstić information content (AvgIpc) is 3.11. The van der Waals surface area contributed by atoms with Crippen LogP contribution in [-0.4, -0.2) is 28.5 Å². The van der Waals surface area contributed by atoms with Crippen LogP contribution in [0.4, 0.5) is 10.1 Å². The molecule has 1 atom stereocenters. The molecule has 1 N–H and O–H groups in total. The molecule has 0 saturated carbocycles. The lowest BCUT2D eigenvalue weighted by molar-refractivity contribution is -0.119. The van der Waals surface area contributed by atoms with Crippen molar-refractivity contribution < 1.29 is 14.0 Å². The second-order valence-corrected chi connectivity index (χ2v) is 8.59. The average molecular weight is 435 g/mol. The number of anilines is 1. The zero-order chi connectivity index (χ0) is 21.8. The van der Waals surface area contributed by atoms with Crippen molar-refractivity contribution in [1.82, 2.24) is 4.90 Å². The summed E-state index contributed by atoms with van der Waals surface area (Å²) in [6, 6.07) is 21.4. The quantitative estimate of drug-likeness (QED) is 0.567. The molecule has 0 aromatic heterocycles. The number of amides is 2. The maximum absolute atomic E-state index is 13.9. The highest BCUT2D eigenvalue weighted by Crippen LogP contribution is 2.27. The van der Waals surface area contributed by atoms with Crippen LogP contribution in [0.15, 0.2) is 72.8 Å². The van der Waals surface area contributed by atoms with E-state index in [-0.39, 0.29) is 17.6 Å². The number of rotatable bonds is 7. The Morgan fingerprint density at radius 3 is 2.58 bits per heavy atom. The summed E-state index contributed by atoms with van der Waals surface area (Å²) in [7, 11) is 0. The highest BCUT2D eigenvalue weighted by atomic mass is 32.2. The second kappa shape index (κ2) is 9.35. The smallest absolute Gasteiger partial charge is 0.255 e. The van der Waals surface area contributed by atoms with Crippen molar-refractivity contribution in [2.24, 2.45) is 0 Å². The molecule has 158 valence electrons. The van der Waals surface area contributed by atoms with Gasteiger partial charge in [-0.25, -0.2) is 4.39 Å². The van der Waals surface area contributed by atoms with E-state index in [1.54, 1.807) is 41.8 Å². The van der Waals surface area contributed by atoms with Crippen LogP contribution in [0.2, 0.25) is 0 Å². The zero-order valence-electron chi connectivity index (χ0n) is 17.2. The topological polar surface area (TPSA) is 49.4 Å². The molecule has 0 fully saturated rings. The molecule has 4 nitrogen and oxygen atoms in total. The Kier molecular flexibility index (Phi) is 6.37. The number of fused-ring (bicyclic) bond motifs is 1. The molecule has 3 aromatic carbocycles. The van der Waals surface area contributed by atoms with Crippen LogP contribution < -0.4 is 5.32 Å². The standard InChI is InChI=1S/C25H23FN2O2S/c1-17-11-12-20(13-22(17)26)27-24(29)23(16-31-15-18-7-3-2-4-8-18)28-14-19-9-5-6-10-21(19)25(28)30/h2-13,23H,14-16H2,1H3,(H,27,29)/t23-/m0/s1. The molecule has 1 aliphatic rings. The van der Waals surface area contributed by atoms with Gasteiger partial charge in [-0.15, -0.1) is 0 Å². The van der Waals surface area contributed by atoms with Gasteiger partial charge in [0.15, 0.2) is 0 Å². The van der Waals surface area contributed by atoms with Gasteiger partial charge in [-0.2, -0.15) is 11.8 Å². The van der Waals surface area contributed by atoms with Crippen molar-refractivity contribution in [3.05, 3.63) is 101 Å². The van der Waals surface area contributed by atoms with Gasteiger partial charge in [-0.1, -0.05) is 54.6 Å². The maximum atomic E-state index is 13.9. The van der Waals surface area contributed by atoms with Crippen molar-refractivity contribution in [2.45, 2.75) is 25.3 Å². The molecule has 0 unspecified atom stereocenters. The van der Waals surface area contributed by atoms with Crippen LogP contribution in [-0.2, 0) is 17.1 Å². The third-order valence-electron chi connectivity index (χ3n) is 5.35. The molecule has 0 radical (unpaired) electrons. The number of thioether (sulfide) groups is 1. The minimum atomic E-state index is -0.669. The molecule has 0 bridgehead atoms. The van der Waals surface area contributed by atoms with E-state index in [9.17, 15) is 14.0 Å². The number of carbonyl (C=O) groups is 2. The van der Waals surface area contributed by atoms with Crippen molar-refractivity contribution in [3.63, 3.8) is 0 Å². The molecule has 2 amide bonds. The summed E-state index contributed by atoms with van der Waals surface area (Å²) < 4.78 is 13.9. The van der Waals surface area contributed by atoms with E-state index in [1.165, 1.54) is 6.07 Å². The number of hydrogen-bond donors (Lipinski definition) is 1. The van der Waals surface area contributed by atoms with Crippen LogP contribution in [0.25, 0.3) is 0 Å². The number of halogens is 1. The van der Waals surface area contributed by atoms with Crippen LogP contribution in [0.5, 0.6) is 0 Å². The van der Waals surface area contributed by atoms with Crippen LogP contribution in [0, 0.1) is 12.7 Å². The summed E-state index contributed by atoms with van der Waals surface area (Å²) in [5, 5.41) is 2.80. The first-order chi connectivity index (χ1) is 15.0. The number of nitrogens with one attached hydrogen (secondary N) is 1. The fraction of sp³-hybridized carbons (Fsp3) is 0.200. The molecule has 1 heterocycles. The summed E-state index contributed by atoms with van der Waals surface area (Å²) in [6.07, 6.45) is 0. The Bertz CT molecular complexity index is 1100. The molecule has 0 aliphatic carbocycles. The van der Waals surface area contributed by atoms with Crippen molar-refractivity contribution >= 4 is 29.3 Å². The summed E-state index contributed by atoms with van der Waals surface area (Å²) >= 11 is 1.60. The van der Waals surface area contributed by atoms with Gasteiger partial charge in [0, 0.05) is 29.3 Å². The van der Waals surface area contributed by atoms with E-state index in [0.717, 1.165) is 16.9 Å². The fourth-order valence-corrected chi connectivity index (χ4v) is 4.70. The summed E-state index contributed by atoms with van der Waals surface area (Å²) in [5.74, 6) is 0.335. The first-order valence-corrected chi connectivity index (χ1v) is 11.3. The van der Waals surface area contributed by atoms with Gasteiger partial charge in [-0.05, 0) is 41.8 Å². The second-order valence-electron chi connectivity index (χ2n) is 7.56. The molecule has 3 aromatic rings. The molecule has 1 aliphatic heterocycles. The van der Waals surface area contributed by atoms with Gasteiger partial charge < -0.3 is 10.2 Å². The number of carbonyl (C=O) groups excluding carboxylic acids is 2. The lowest BCUT2D eigenvalue weighted by atomic mass is 10.1. The van der Waals surface area contributed by atoms with Crippen LogP contribution >= 0.6 is 11.8 Å². The van der Waals surface area contributed by atoms with Crippen molar-refractivity contribution in [1.29, 1.82) is 0 Å². The molecule has 6 heteroatoms. The SMILES string of the molecule is Cc1ccc(NC(=O)[C@H](CSCc2ccccc2)N2Cc3ccccc3C2=O)cc1F. The van der Waals surface area contributed by atoms with E-state index in [1.807, 2.05) is 48.5 Å². The van der Waals surface area contributed by atoms with Crippen molar-refractivity contribution in [3.8, 4) is 0 Å². The van der Waals surface area contributed by atoms with Gasteiger partial charge in [0.05, 0.1) is 0 Å². The summed E-state index contributed by atoms with van der Waals surface area (Å²) in [6.45, 7) is 2.06. The predicted molar refractivity (Wildman–Crippen MR) is 122 cm³/mol. The fourth-order valence-electron chi connectivity index (χ4n) is 3.59. The molecular formula is C25H23FN2O2S. The van der Waals surface area contributed by atoms with Gasteiger partial charge in [0.25, 0.3) is 5.91 Å². The van der Waals surface area contributed by atoms with E-state index in [4.69, 9.17) is 0 Å². The number of benzene rings is 3. The van der Waals surface area contributed by atoms with E-state index in [0.29, 0.717) is 29.1 Å². The zero-order valence-corrected chi connectivity index (χ0v) is 18.0. The first-order valence-electron chi connectivity index (χ1n) is 10.1. The lowest BCUT2D eigenvalue weighted by Gasteiger charge is -2.27. The van der Waals surface area contributed by atoms with Gasteiger partial charge in [0.2, 0.25) is 5.91 Å². The Morgan fingerprint density at radius 2 is 1.84 bits per heavy atom. The van der Waals surface area contributed by atoms with E-state index >= 15 is 0 Å². The third kappa shape index (κ3) is 4.80. The maximum Gasteiger partial charge on any atom is 0.255 e. The summed E-state index contributed by atoms with van der Waals surface area (Å²) in [5.41, 5.74) is 3.60. The first kappa shape index (κ1) is 21.1. The number of aryl methyl sites for hydroxylation is 1. The Labute approximate surface area is 185 Å².